The average molecular weight is 520 g/mol. The summed E-state index contributed by atoms with van der Waals surface area (Å²) < 4.78 is 15.9. The van der Waals surface area contributed by atoms with Crippen LogP contribution in [-0.4, -0.2) is 43.1 Å². The van der Waals surface area contributed by atoms with Crippen LogP contribution in [-0.2, 0) is 17.8 Å². The van der Waals surface area contributed by atoms with Gasteiger partial charge in [-0.1, -0.05) is 67.4 Å². The minimum Gasteiger partial charge on any atom is -0.338 e. The number of benzene rings is 3. The van der Waals surface area contributed by atoms with Gasteiger partial charge in [0.05, 0.1) is 13.0 Å². The number of nitrogens with zero attached hydrogens (tertiary/aromatic N) is 5. The first-order valence-electron chi connectivity index (χ1n) is 13.5. The zero-order chi connectivity index (χ0) is 26.6. The molecule has 196 valence electrons. The molecule has 6 nitrogen and oxygen atoms in total. The van der Waals surface area contributed by atoms with E-state index in [1.807, 2.05) is 47.4 Å². The number of hydrogen-bond acceptors (Lipinski definition) is 4. The molecule has 2 aromatic heterocycles. The fraction of sp³-hybridized carbons (Fsp3) is 0.250. The molecule has 0 radical (unpaired) electrons. The summed E-state index contributed by atoms with van der Waals surface area (Å²) in [5.74, 6) is 0.922. The van der Waals surface area contributed by atoms with E-state index in [1.54, 1.807) is 23.1 Å². The fourth-order valence-corrected chi connectivity index (χ4v) is 5.60. The van der Waals surface area contributed by atoms with Crippen molar-refractivity contribution in [1.82, 2.24) is 24.6 Å². The Balaban J connectivity index is 1.29. The molecule has 1 fully saturated rings. The predicted octanol–water partition coefficient (Wildman–Crippen LogP) is 6.31. The Bertz CT molecular complexity index is 1590. The molecule has 1 amide bonds. The van der Waals surface area contributed by atoms with Crippen LogP contribution in [0.4, 0.5) is 4.39 Å². The number of halogens is 1. The van der Waals surface area contributed by atoms with Gasteiger partial charge >= 0.3 is 0 Å². The summed E-state index contributed by atoms with van der Waals surface area (Å²) in [6.07, 6.45) is 8.04. The van der Waals surface area contributed by atoms with Crippen LogP contribution in [0.25, 0.3) is 33.5 Å². The summed E-state index contributed by atoms with van der Waals surface area (Å²) in [5.41, 5.74) is 2.53. The lowest BCUT2D eigenvalue weighted by Gasteiger charge is -2.29. The van der Waals surface area contributed by atoms with Crippen molar-refractivity contribution in [3.05, 3.63) is 103 Å². The number of fused-ring (bicyclic) bond motifs is 1. The van der Waals surface area contributed by atoms with E-state index in [0.717, 1.165) is 47.6 Å². The summed E-state index contributed by atoms with van der Waals surface area (Å²) in [7, 11) is 0. The van der Waals surface area contributed by atoms with Crippen molar-refractivity contribution in [2.45, 2.75) is 44.7 Å². The maximum absolute atomic E-state index is 14.1. The van der Waals surface area contributed by atoms with Crippen LogP contribution in [0, 0.1) is 5.82 Å². The molecule has 0 unspecified atom stereocenters. The normalized spacial score (nSPS) is 13.7. The van der Waals surface area contributed by atoms with Gasteiger partial charge in [0, 0.05) is 36.1 Å². The van der Waals surface area contributed by atoms with Crippen LogP contribution in [0.3, 0.4) is 0 Å². The summed E-state index contributed by atoms with van der Waals surface area (Å²) in [6.45, 7) is 0.970. The van der Waals surface area contributed by atoms with Crippen LogP contribution in [0.1, 0.15) is 31.2 Å². The highest BCUT2D eigenvalue weighted by atomic mass is 19.1. The molecule has 1 aliphatic rings. The third kappa shape index (κ3) is 5.43. The highest BCUT2D eigenvalue weighted by Crippen LogP contribution is 2.27. The second kappa shape index (κ2) is 11.2. The van der Waals surface area contributed by atoms with Crippen LogP contribution >= 0.6 is 0 Å². The smallest absolute Gasteiger partial charge is 0.227 e. The van der Waals surface area contributed by atoms with Gasteiger partial charge in [0.2, 0.25) is 5.91 Å². The van der Waals surface area contributed by atoms with Crippen molar-refractivity contribution in [2.75, 3.05) is 6.54 Å². The van der Waals surface area contributed by atoms with E-state index in [1.165, 1.54) is 12.1 Å². The topological polar surface area (TPSA) is 63.9 Å². The van der Waals surface area contributed by atoms with Crippen molar-refractivity contribution < 1.29 is 9.18 Å². The van der Waals surface area contributed by atoms with Crippen LogP contribution < -0.4 is 0 Å². The number of carbonyl (C=O) groups is 1. The molecule has 0 saturated heterocycles. The van der Waals surface area contributed by atoms with Gasteiger partial charge < -0.3 is 4.90 Å². The van der Waals surface area contributed by atoms with Crippen molar-refractivity contribution in [3.63, 3.8) is 0 Å². The van der Waals surface area contributed by atoms with Crippen LogP contribution in [0.15, 0.2) is 91.3 Å². The van der Waals surface area contributed by atoms with Gasteiger partial charge in [-0.15, -0.1) is 0 Å². The van der Waals surface area contributed by atoms with E-state index < -0.39 is 0 Å². The second-order valence-corrected chi connectivity index (χ2v) is 10.1. The highest BCUT2D eigenvalue weighted by Gasteiger charge is 2.27. The standard InChI is InChI=1S/C32H30FN5O/c33-27-11-6-10-26(21-27)32-35-31(24-15-17-34-18-16-24)36-38(32)20-19-37(28-12-2-3-13-28)30(39)22-25-9-5-8-23-7-1-4-14-29(23)25/h1,4-11,14-18,21,28H,2-3,12-13,19-20,22H2. The molecule has 2 heterocycles. The van der Waals surface area contributed by atoms with Gasteiger partial charge in [-0.05, 0) is 53.4 Å². The molecular formula is C32H30FN5O. The Kier molecular flexibility index (Phi) is 7.13. The van der Waals surface area contributed by atoms with Crippen LogP contribution in [0.2, 0.25) is 0 Å². The first-order chi connectivity index (χ1) is 19.2. The van der Waals surface area contributed by atoms with Gasteiger partial charge in [-0.2, -0.15) is 5.10 Å². The molecule has 0 spiro atoms. The number of rotatable bonds is 8. The summed E-state index contributed by atoms with van der Waals surface area (Å²) >= 11 is 0. The molecule has 0 N–H and O–H groups in total. The number of aromatic nitrogens is 4. The van der Waals surface area contributed by atoms with E-state index in [9.17, 15) is 9.18 Å². The molecule has 0 aliphatic heterocycles. The van der Waals surface area contributed by atoms with Gasteiger partial charge in [0.15, 0.2) is 11.6 Å². The lowest BCUT2D eigenvalue weighted by atomic mass is 10.0. The summed E-state index contributed by atoms with van der Waals surface area (Å²) in [6, 6.07) is 24.7. The van der Waals surface area contributed by atoms with E-state index >= 15 is 0 Å². The zero-order valence-corrected chi connectivity index (χ0v) is 21.7. The first-order valence-corrected chi connectivity index (χ1v) is 13.5. The minimum atomic E-state index is -0.328. The summed E-state index contributed by atoms with van der Waals surface area (Å²) in [4.78, 5) is 24.7. The lowest BCUT2D eigenvalue weighted by Crippen LogP contribution is -2.42. The SMILES string of the molecule is O=C(Cc1cccc2ccccc12)N(CCn1nc(-c2ccncc2)nc1-c1cccc(F)c1)C1CCCC1. The lowest BCUT2D eigenvalue weighted by molar-refractivity contribution is -0.132. The Labute approximate surface area is 227 Å². The molecular weight excluding hydrogens is 489 g/mol. The number of carbonyl (C=O) groups excluding carboxylic acids is 1. The fourth-order valence-electron chi connectivity index (χ4n) is 5.60. The maximum Gasteiger partial charge on any atom is 0.227 e. The largest absolute Gasteiger partial charge is 0.338 e. The monoisotopic (exact) mass is 519 g/mol. The van der Waals surface area contributed by atoms with Crippen molar-refractivity contribution in [2.24, 2.45) is 0 Å². The van der Waals surface area contributed by atoms with Crippen molar-refractivity contribution in [1.29, 1.82) is 0 Å². The molecule has 1 saturated carbocycles. The molecule has 5 aromatic rings. The molecule has 3 aromatic carbocycles. The van der Waals surface area contributed by atoms with Gasteiger partial charge in [0.25, 0.3) is 0 Å². The average Bonchev–Trinajstić information content (AvgIpc) is 3.65. The number of hydrogen-bond donors (Lipinski definition) is 0. The Morgan fingerprint density at radius 2 is 1.69 bits per heavy atom. The molecule has 0 atom stereocenters. The Morgan fingerprint density at radius 1 is 0.923 bits per heavy atom. The van der Waals surface area contributed by atoms with E-state index in [4.69, 9.17) is 10.1 Å². The quantitative estimate of drug-likeness (QED) is 0.241. The third-order valence-corrected chi connectivity index (χ3v) is 7.55. The molecule has 39 heavy (non-hydrogen) atoms. The number of pyridine rings is 1. The van der Waals surface area contributed by atoms with Gasteiger partial charge in [0.1, 0.15) is 5.82 Å². The molecule has 1 aliphatic carbocycles. The molecule has 7 heteroatoms. The first kappa shape index (κ1) is 24.9. The van der Waals surface area contributed by atoms with Crippen molar-refractivity contribution >= 4 is 16.7 Å². The van der Waals surface area contributed by atoms with E-state index in [-0.39, 0.29) is 17.8 Å². The summed E-state index contributed by atoms with van der Waals surface area (Å²) in [5, 5.41) is 7.04. The van der Waals surface area contributed by atoms with Gasteiger partial charge in [-0.25, -0.2) is 14.1 Å². The van der Waals surface area contributed by atoms with Crippen LogP contribution in [0.5, 0.6) is 0 Å². The predicted molar refractivity (Wildman–Crippen MR) is 150 cm³/mol. The Hall–Kier alpha value is -4.39. The molecule has 6 rings (SSSR count). The van der Waals surface area contributed by atoms with Crippen molar-refractivity contribution in [3.8, 4) is 22.8 Å². The maximum atomic E-state index is 14.1. The van der Waals surface area contributed by atoms with E-state index in [0.29, 0.717) is 36.7 Å². The van der Waals surface area contributed by atoms with E-state index in [2.05, 4.69) is 23.2 Å². The van der Waals surface area contributed by atoms with Gasteiger partial charge in [-0.3, -0.25) is 9.78 Å². The third-order valence-electron chi connectivity index (χ3n) is 7.55. The Morgan fingerprint density at radius 3 is 2.51 bits per heavy atom. The zero-order valence-electron chi connectivity index (χ0n) is 21.7. The number of amides is 1. The highest BCUT2D eigenvalue weighted by molar-refractivity contribution is 5.90. The molecule has 0 bridgehead atoms. The minimum absolute atomic E-state index is 0.125. The second-order valence-electron chi connectivity index (χ2n) is 10.1.